The SMILES string of the molecule is CC/C=C(/C)C(=O)Nc1ccc(CC(=O)O)nc1. The molecule has 0 radical (unpaired) electrons. The molecular weight excluding hydrogens is 232 g/mol. The Morgan fingerprint density at radius 1 is 1.44 bits per heavy atom. The molecule has 0 aliphatic rings. The highest BCUT2D eigenvalue weighted by molar-refractivity contribution is 6.03. The Balaban J connectivity index is 2.66. The number of aromatic nitrogens is 1. The van der Waals surface area contributed by atoms with E-state index in [0.29, 0.717) is 17.0 Å². The number of carboxylic acid groups (broad SMARTS) is 1. The smallest absolute Gasteiger partial charge is 0.309 e. The number of carbonyl (C=O) groups excluding carboxylic acids is 1. The second-order valence-corrected chi connectivity index (χ2v) is 3.86. The maximum absolute atomic E-state index is 11.7. The summed E-state index contributed by atoms with van der Waals surface area (Å²) in [7, 11) is 0. The molecule has 5 heteroatoms. The Hall–Kier alpha value is -2.17. The fourth-order valence-electron chi connectivity index (χ4n) is 1.39. The number of carboxylic acids is 1. The standard InChI is InChI=1S/C13H16N2O3/c1-3-4-9(2)13(18)15-11-6-5-10(14-8-11)7-12(16)17/h4-6,8H,3,7H2,1-2H3,(H,15,18)(H,16,17)/b9-4-. The fraction of sp³-hybridized carbons (Fsp3) is 0.308. The van der Waals surface area contributed by atoms with Crippen molar-refractivity contribution >= 4 is 17.6 Å². The van der Waals surface area contributed by atoms with Crippen molar-refractivity contribution in [3.63, 3.8) is 0 Å². The predicted molar refractivity (Wildman–Crippen MR) is 68.3 cm³/mol. The van der Waals surface area contributed by atoms with E-state index in [2.05, 4.69) is 10.3 Å². The fourth-order valence-corrected chi connectivity index (χ4v) is 1.39. The van der Waals surface area contributed by atoms with E-state index >= 15 is 0 Å². The number of amides is 1. The van der Waals surface area contributed by atoms with Crippen molar-refractivity contribution in [3.05, 3.63) is 35.7 Å². The van der Waals surface area contributed by atoms with Gasteiger partial charge in [-0.3, -0.25) is 14.6 Å². The summed E-state index contributed by atoms with van der Waals surface area (Å²) in [6.45, 7) is 3.70. The van der Waals surface area contributed by atoms with Crippen molar-refractivity contribution in [2.75, 3.05) is 5.32 Å². The van der Waals surface area contributed by atoms with Gasteiger partial charge in [-0.2, -0.15) is 0 Å². The lowest BCUT2D eigenvalue weighted by molar-refractivity contribution is -0.136. The first kappa shape index (κ1) is 13.9. The van der Waals surface area contributed by atoms with Gasteiger partial charge in [-0.05, 0) is 25.5 Å². The van der Waals surface area contributed by atoms with E-state index in [1.54, 1.807) is 19.1 Å². The highest BCUT2D eigenvalue weighted by Crippen LogP contribution is 2.08. The molecule has 0 aliphatic carbocycles. The molecule has 1 aromatic rings. The van der Waals surface area contributed by atoms with Crippen molar-refractivity contribution in [2.24, 2.45) is 0 Å². The zero-order valence-electron chi connectivity index (χ0n) is 10.4. The van der Waals surface area contributed by atoms with Crippen LogP contribution >= 0.6 is 0 Å². The summed E-state index contributed by atoms with van der Waals surface area (Å²) in [6, 6.07) is 3.23. The molecule has 0 bridgehead atoms. The normalized spacial score (nSPS) is 11.1. The van der Waals surface area contributed by atoms with Crippen molar-refractivity contribution in [1.82, 2.24) is 4.98 Å². The van der Waals surface area contributed by atoms with Crippen LogP contribution in [0.15, 0.2) is 30.0 Å². The quantitative estimate of drug-likeness (QED) is 0.781. The highest BCUT2D eigenvalue weighted by Gasteiger charge is 2.05. The summed E-state index contributed by atoms with van der Waals surface area (Å²) in [5.41, 5.74) is 1.66. The molecule has 0 saturated carbocycles. The van der Waals surface area contributed by atoms with E-state index < -0.39 is 5.97 Å². The van der Waals surface area contributed by atoms with Gasteiger partial charge in [0.2, 0.25) is 0 Å². The molecule has 0 saturated heterocycles. The highest BCUT2D eigenvalue weighted by atomic mass is 16.4. The Bertz CT molecular complexity index is 464. The van der Waals surface area contributed by atoms with Crippen molar-refractivity contribution in [3.8, 4) is 0 Å². The molecule has 0 aliphatic heterocycles. The van der Waals surface area contributed by atoms with Crippen molar-refractivity contribution in [2.45, 2.75) is 26.7 Å². The van der Waals surface area contributed by atoms with Crippen LogP contribution in [0.3, 0.4) is 0 Å². The lowest BCUT2D eigenvalue weighted by atomic mass is 10.2. The number of anilines is 1. The molecule has 0 atom stereocenters. The molecule has 0 aromatic carbocycles. The van der Waals surface area contributed by atoms with Crippen LogP contribution in [-0.4, -0.2) is 22.0 Å². The number of nitrogens with zero attached hydrogens (tertiary/aromatic N) is 1. The molecule has 1 heterocycles. The summed E-state index contributed by atoms with van der Waals surface area (Å²) in [5, 5.41) is 11.3. The summed E-state index contributed by atoms with van der Waals surface area (Å²) < 4.78 is 0. The Kier molecular flexibility index (Phi) is 5.05. The molecule has 96 valence electrons. The Morgan fingerprint density at radius 2 is 2.17 bits per heavy atom. The van der Waals surface area contributed by atoms with Gasteiger partial charge in [-0.1, -0.05) is 13.0 Å². The Labute approximate surface area is 106 Å². The van der Waals surface area contributed by atoms with Crippen LogP contribution in [0.5, 0.6) is 0 Å². The largest absolute Gasteiger partial charge is 0.481 e. The molecule has 1 rings (SSSR count). The minimum Gasteiger partial charge on any atom is -0.481 e. The van der Waals surface area contributed by atoms with Crippen LogP contribution in [0.1, 0.15) is 26.0 Å². The molecule has 5 nitrogen and oxygen atoms in total. The predicted octanol–water partition coefficient (Wildman–Crippen LogP) is 2.00. The van der Waals surface area contributed by atoms with Gasteiger partial charge in [0.15, 0.2) is 0 Å². The lowest BCUT2D eigenvalue weighted by Gasteiger charge is -2.05. The zero-order chi connectivity index (χ0) is 13.5. The van der Waals surface area contributed by atoms with Crippen LogP contribution in [-0.2, 0) is 16.0 Å². The van der Waals surface area contributed by atoms with Gasteiger partial charge in [0, 0.05) is 5.57 Å². The van der Waals surface area contributed by atoms with Gasteiger partial charge < -0.3 is 10.4 Å². The van der Waals surface area contributed by atoms with Crippen molar-refractivity contribution in [1.29, 1.82) is 0 Å². The van der Waals surface area contributed by atoms with Gasteiger partial charge >= 0.3 is 5.97 Å². The average Bonchev–Trinajstić information content (AvgIpc) is 2.31. The zero-order valence-corrected chi connectivity index (χ0v) is 10.4. The average molecular weight is 248 g/mol. The van der Waals surface area contributed by atoms with Gasteiger partial charge in [0.1, 0.15) is 0 Å². The summed E-state index contributed by atoms with van der Waals surface area (Å²) in [4.78, 5) is 26.1. The van der Waals surface area contributed by atoms with Gasteiger partial charge in [0.05, 0.1) is 24.0 Å². The third-order valence-corrected chi connectivity index (χ3v) is 2.28. The topological polar surface area (TPSA) is 79.3 Å². The van der Waals surface area contributed by atoms with E-state index in [1.807, 2.05) is 13.0 Å². The molecule has 0 spiro atoms. The molecule has 1 aromatic heterocycles. The minimum atomic E-state index is -0.930. The number of hydrogen-bond donors (Lipinski definition) is 2. The monoisotopic (exact) mass is 248 g/mol. The third-order valence-electron chi connectivity index (χ3n) is 2.28. The van der Waals surface area contributed by atoms with E-state index in [-0.39, 0.29) is 12.3 Å². The molecule has 0 fully saturated rings. The maximum atomic E-state index is 11.7. The molecule has 0 unspecified atom stereocenters. The van der Waals surface area contributed by atoms with Crippen LogP contribution in [0.2, 0.25) is 0 Å². The number of allylic oxidation sites excluding steroid dienone is 1. The second-order valence-electron chi connectivity index (χ2n) is 3.86. The minimum absolute atomic E-state index is 0.122. The molecule has 1 amide bonds. The van der Waals surface area contributed by atoms with Crippen LogP contribution in [0.25, 0.3) is 0 Å². The molecule has 18 heavy (non-hydrogen) atoms. The van der Waals surface area contributed by atoms with Gasteiger partial charge in [0.25, 0.3) is 5.91 Å². The number of rotatable bonds is 5. The number of carbonyl (C=O) groups is 2. The summed E-state index contributed by atoms with van der Waals surface area (Å²) in [6.07, 6.45) is 3.97. The first-order chi connectivity index (χ1) is 8.52. The number of nitrogens with one attached hydrogen (secondary N) is 1. The molecular formula is C13H16N2O3. The number of pyridine rings is 1. The van der Waals surface area contributed by atoms with Crippen molar-refractivity contribution < 1.29 is 14.7 Å². The first-order valence-electron chi connectivity index (χ1n) is 5.67. The van der Waals surface area contributed by atoms with Crippen LogP contribution in [0, 0.1) is 0 Å². The van der Waals surface area contributed by atoms with Gasteiger partial charge in [-0.25, -0.2) is 0 Å². The van der Waals surface area contributed by atoms with Gasteiger partial charge in [-0.15, -0.1) is 0 Å². The summed E-state index contributed by atoms with van der Waals surface area (Å²) >= 11 is 0. The maximum Gasteiger partial charge on any atom is 0.309 e. The second kappa shape index (κ2) is 6.54. The van der Waals surface area contributed by atoms with E-state index in [4.69, 9.17) is 5.11 Å². The van der Waals surface area contributed by atoms with Crippen LogP contribution in [0.4, 0.5) is 5.69 Å². The van der Waals surface area contributed by atoms with E-state index in [9.17, 15) is 9.59 Å². The van der Waals surface area contributed by atoms with E-state index in [1.165, 1.54) is 6.20 Å². The van der Waals surface area contributed by atoms with Crippen LogP contribution < -0.4 is 5.32 Å². The third kappa shape index (κ3) is 4.37. The first-order valence-corrected chi connectivity index (χ1v) is 5.67. The van der Waals surface area contributed by atoms with E-state index in [0.717, 1.165) is 6.42 Å². The molecule has 2 N–H and O–H groups in total. The Morgan fingerprint density at radius 3 is 2.67 bits per heavy atom. The lowest BCUT2D eigenvalue weighted by Crippen LogP contribution is -2.13. The number of aliphatic carboxylic acids is 1. The summed E-state index contributed by atoms with van der Waals surface area (Å²) in [5.74, 6) is -1.11. The number of hydrogen-bond acceptors (Lipinski definition) is 3.